The molecule has 16 heavy (non-hydrogen) atoms. The van der Waals surface area contributed by atoms with Crippen molar-refractivity contribution in [1.29, 1.82) is 0 Å². The zero-order chi connectivity index (χ0) is 11.8. The van der Waals surface area contributed by atoms with Crippen LogP contribution in [0.2, 0.25) is 0 Å². The van der Waals surface area contributed by atoms with Gasteiger partial charge in [-0.1, -0.05) is 0 Å². The number of carbonyl (C=O) groups excluding carboxylic acids is 1. The van der Waals surface area contributed by atoms with Crippen molar-refractivity contribution in [3.63, 3.8) is 0 Å². The lowest BCUT2D eigenvalue weighted by Gasteiger charge is -2.06. The number of carbonyl (C=O) groups is 1. The number of nitrogen functional groups attached to an aromatic ring is 1. The molecule has 0 aliphatic rings. The fourth-order valence-electron chi connectivity index (χ4n) is 1.23. The standard InChI is InChI=1S/C11H17N3O2/c1-2-16-7-3-5-14-11(15)9-4-6-13-8-10(9)12/h4,6,8H,2-3,5,7,12H2,1H3,(H,14,15). The number of ether oxygens (including phenoxy) is 1. The van der Waals surface area contributed by atoms with Crippen LogP contribution in [0.3, 0.4) is 0 Å². The SMILES string of the molecule is CCOCCCNC(=O)c1ccncc1N. The molecule has 0 aliphatic heterocycles. The molecule has 0 radical (unpaired) electrons. The number of aromatic nitrogens is 1. The van der Waals surface area contributed by atoms with E-state index in [0.29, 0.717) is 31.0 Å². The van der Waals surface area contributed by atoms with Gasteiger partial charge in [0.1, 0.15) is 0 Å². The molecule has 1 aromatic rings. The summed E-state index contributed by atoms with van der Waals surface area (Å²) < 4.78 is 5.16. The van der Waals surface area contributed by atoms with E-state index in [2.05, 4.69) is 10.3 Å². The maximum Gasteiger partial charge on any atom is 0.253 e. The summed E-state index contributed by atoms with van der Waals surface area (Å²) in [6.07, 6.45) is 3.81. The van der Waals surface area contributed by atoms with Gasteiger partial charge in [0.05, 0.1) is 17.4 Å². The van der Waals surface area contributed by atoms with Crippen LogP contribution in [0.25, 0.3) is 0 Å². The molecule has 0 spiro atoms. The fraction of sp³-hybridized carbons (Fsp3) is 0.455. The molecule has 0 atom stereocenters. The van der Waals surface area contributed by atoms with Gasteiger partial charge in [0, 0.05) is 26.0 Å². The molecule has 1 heterocycles. The van der Waals surface area contributed by atoms with Gasteiger partial charge in [-0.05, 0) is 19.4 Å². The normalized spacial score (nSPS) is 10.1. The van der Waals surface area contributed by atoms with Crippen molar-refractivity contribution in [2.75, 3.05) is 25.5 Å². The highest BCUT2D eigenvalue weighted by Gasteiger charge is 2.07. The largest absolute Gasteiger partial charge is 0.397 e. The van der Waals surface area contributed by atoms with Crippen LogP contribution in [0, 0.1) is 0 Å². The first kappa shape index (κ1) is 12.4. The minimum absolute atomic E-state index is 0.170. The van der Waals surface area contributed by atoms with E-state index in [1.54, 1.807) is 12.3 Å². The van der Waals surface area contributed by atoms with Crippen LogP contribution in [0.5, 0.6) is 0 Å². The molecule has 1 amide bonds. The molecule has 5 heteroatoms. The van der Waals surface area contributed by atoms with Crippen molar-refractivity contribution in [1.82, 2.24) is 10.3 Å². The Balaban J connectivity index is 2.33. The summed E-state index contributed by atoms with van der Waals surface area (Å²) in [6.45, 7) is 3.88. The van der Waals surface area contributed by atoms with Crippen LogP contribution in [0.1, 0.15) is 23.7 Å². The number of pyridine rings is 1. The van der Waals surface area contributed by atoms with Crippen molar-refractivity contribution in [3.05, 3.63) is 24.0 Å². The third-order valence-electron chi connectivity index (χ3n) is 2.05. The van der Waals surface area contributed by atoms with Crippen molar-refractivity contribution in [3.8, 4) is 0 Å². The van der Waals surface area contributed by atoms with E-state index in [9.17, 15) is 4.79 Å². The smallest absolute Gasteiger partial charge is 0.253 e. The number of nitrogens with zero attached hydrogens (tertiary/aromatic N) is 1. The summed E-state index contributed by atoms with van der Waals surface area (Å²) in [5.74, 6) is -0.170. The highest BCUT2D eigenvalue weighted by Crippen LogP contribution is 2.07. The van der Waals surface area contributed by atoms with E-state index < -0.39 is 0 Å². The average molecular weight is 223 g/mol. The van der Waals surface area contributed by atoms with Gasteiger partial charge in [0.2, 0.25) is 0 Å². The van der Waals surface area contributed by atoms with Crippen molar-refractivity contribution in [2.45, 2.75) is 13.3 Å². The van der Waals surface area contributed by atoms with Crippen molar-refractivity contribution >= 4 is 11.6 Å². The van der Waals surface area contributed by atoms with Gasteiger partial charge in [-0.15, -0.1) is 0 Å². The molecule has 0 saturated carbocycles. The Morgan fingerprint density at radius 2 is 2.44 bits per heavy atom. The van der Waals surface area contributed by atoms with Gasteiger partial charge in [-0.2, -0.15) is 0 Å². The van der Waals surface area contributed by atoms with Crippen LogP contribution >= 0.6 is 0 Å². The van der Waals surface area contributed by atoms with Crippen LogP contribution < -0.4 is 11.1 Å². The number of anilines is 1. The van der Waals surface area contributed by atoms with Crippen LogP contribution in [-0.2, 0) is 4.74 Å². The third-order valence-corrected chi connectivity index (χ3v) is 2.05. The van der Waals surface area contributed by atoms with E-state index in [-0.39, 0.29) is 5.91 Å². The molecule has 3 N–H and O–H groups in total. The Kier molecular flexibility index (Phi) is 5.28. The first-order valence-corrected chi connectivity index (χ1v) is 5.31. The maximum absolute atomic E-state index is 11.6. The van der Waals surface area contributed by atoms with Crippen molar-refractivity contribution < 1.29 is 9.53 Å². The summed E-state index contributed by atoms with van der Waals surface area (Å²) in [4.78, 5) is 15.5. The van der Waals surface area contributed by atoms with E-state index >= 15 is 0 Å². The van der Waals surface area contributed by atoms with Crippen LogP contribution in [0.15, 0.2) is 18.5 Å². The second kappa shape index (κ2) is 6.79. The first-order chi connectivity index (χ1) is 7.75. The Hall–Kier alpha value is -1.62. The summed E-state index contributed by atoms with van der Waals surface area (Å²) in [5, 5.41) is 2.77. The number of nitrogens with two attached hydrogens (primary N) is 1. The van der Waals surface area contributed by atoms with Crippen LogP contribution in [-0.4, -0.2) is 30.6 Å². The highest BCUT2D eigenvalue weighted by atomic mass is 16.5. The molecule has 1 rings (SSSR count). The Morgan fingerprint density at radius 1 is 1.62 bits per heavy atom. The molecule has 0 saturated heterocycles. The molecule has 5 nitrogen and oxygen atoms in total. The molecule has 0 aliphatic carbocycles. The Morgan fingerprint density at radius 3 is 3.12 bits per heavy atom. The average Bonchev–Trinajstić information content (AvgIpc) is 2.29. The molecule has 0 aromatic carbocycles. The highest BCUT2D eigenvalue weighted by molar-refractivity contribution is 5.98. The van der Waals surface area contributed by atoms with Gasteiger partial charge in [0.25, 0.3) is 5.91 Å². The molecule has 0 unspecified atom stereocenters. The Labute approximate surface area is 95.0 Å². The van der Waals surface area contributed by atoms with E-state index in [0.717, 1.165) is 6.42 Å². The van der Waals surface area contributed by atoms with Gasteiger partial charge < -0.3 is 15.8 Å². The van der Waals surface area contributed by atoms with E-state index in [1.807, 2.05) is 6.92 Å². The van der Waals surface area contributed by atoms with Gasteiger partial charge in [-0.25, -0.2) is 0 Å². The van der Waals surface area contributed by atoms with E-state index in [1.165, 1.54) is 6.20 Å². The number of hydrogen-bond acceptors (Lipinski definition) is 4. The molecule has 1 aromatic heterocycles. The minimum atomic E-state index is -0.170. The second-order valence-corrected chi connectivity index (χ2v) is 3.27. The summed E-state index contributed by atoms with van der Waals surface area (Å²) in [5.41, 5.74) is 6.48. The number of nitrogens with one attached hydrogen (secondary N) is 1. The maximum atomic E-state index is 11.6. The Bertz CT molecular complexity index is 342. The van der Waals surface area contributed by atoms with Gasteiger partial charge in [0.15, 0.2) is 0 Å². The summed E-state index contributed by atoms with van der Waals surface area (Å²) in [7, 11) is 0. The second-order valence-electron chi connectivity index (χ2n) is 3.27. The zero-order valence-electron chi connectivity index (χ0n) is 9.40. The molecular formula is C11H17N3O2. The first-order valence-electron chi connectivity index (χ1n) is 5.31. The lowest BCUT2D eigenvalue weighted by molar-refractivity contribution is 0.0945. The predicted octanol–water partition coefficient (Wildman–Crippen LogP) is 0.820. The van der Waals surface area contributed by atoms with Crippen molar-refractivity contribution in [2.24, 2.45) is 0 Å². The number of hydrogen-bond donors (Lipinski definition) is 2. The van der Waals surface area contributed by atoms with E-state index in [4.69, 9.17) is 10.5 Å². The summed E-state index contributed by atoms with van der Waals surface area (Å²) >= 11 is 0. The summed E-state index contributed by atoms with van der Waals surface area (Å²) in [6, 6.07) is 1.60. The third kappa shape index (κ3) is 3.86. The monoisotopic (exact) mass is 223 g/mol. The lowest BCUT2D eigenvalue weighted by atomic mass is 10.2. The predicted molar refractivity (Wildman–Crippen MR) is 62.1 cm³/mol. The van der Waals surface area contributed by atoms with Crippen LogP contribution in [0.4, 0.5) is 5.69 Å². The molecule has 0 fully saturated rings. The quantitative estimate of drug-likeness (QED) is 0.700. The molecular weight excluding hydrogens is 206 g/mol. The molecule has 88 valence electrons. The zero-order valence-corrected chi connectivity index (χ0v) is 9.40. The minimum Gasteiger partial charge on any atom is -0.397 e. The fourth-order valence-corrected chi connectivity index (χ4v) is 1.23. The van der Waals surface area contributed by atoms with Gasteiger partial charge >= 0.3 is 0 Å². The molecule has 0 bridgehead atoms. The number of amides is 1. The topological polar surface area (TPSA) is 77.2 Å². The number of rotatable bonds is 6. The van der Waals surface area contributed by atoms with Gasteiger partial charge in [-0.3, -0.25) is 9.78 Å². The lowest BCUT2D eigenvalue weighted by Crippen LogP contribution is -2.26.